The number of alkyl halides is 4. The van der Waals surface area contributed by atoms with Gasteiger partial charge in [0.25, 0.3) is 0 Å². The molecule has 0 aliphatic carbocycles. The average molecular weight is 285 g/mol. The monoisotopic (exact) mass is 285 g/mol. The normalized spacial score (nSPS) is 14.1. The molecule has 0 spiro atoms. The molecule has 1 aromatic heterocycles. The van der Waals surface area contributed by atoms with Gasteiger partial charge in [0, 0.05) is 4.88 Å². The molecule has 0 aromatic carbocycles. The fraction of sp³-hybridized carbons (Fsp3) is 0.636. The van der Waals surface area contributed by atoms with E-state index in [1.54, 1.807) is 0 Å². The first-order valence-corrected chi connectivity index (χ1v) is 6.36. The predicted molar refractivity (Wildman–Crippen MR) is 62.5 cm³/mol. The summed E-state index contributed by atoms with van der Waals surface area (Å²) in [6, 6.07) is 3.42. The van der Waals surface area contributed by atoms with Gasteiger partial charge in [0.15, 0.2) is 0 Å². The lowest BCUT2D eigenvalue weighted by atomic mass is 10.2. The van der Waals surface area contributed by atoms with E-state index in [9.17, 15) is 17.6 Å². The number of ether oxygens (including phenoxy) is 1. The minimum absolute atomic E-state index is 0.0589. The van der Waals surface area contributed by atoms with Crippen molar-refractivity contribution in [3.63, 3.8) is 0 Å². The Morgan fingerprint density at radius 3 is 2.67 bits per heavy atom. The van der Waals surface area contributed by atoms with Gasteiger partial charge in [0.2, 0.25) is 0 Å². The summed E-state index contributed by atoms with van der Waals surface area (Å²) in [5.74, 6) is -4.09. The van der Waals surface area contributed by atoms with E-state index >= 15 is 0 Å². The number of hydrogen-bond donors (Lipinski definition) is 1. The van der Waals surface area contributed by atoms with Crippen molar-refractivity contribution in [2.45, 2.75) is 25.3 Å². The van der Waals surface area contributed by atoms with Crippen LogP contribution in [0.15, 0.2) is 17.5 Å². The highest BCUT2D eigenvalue weighted by atomic mass is 32.1. The van der Waals surface area contributed by atoms with Crippen LogP contribution in [0.5, 0.6) is 0 Å². The highest BCUT2D eigenvalue weighted by Gasteiger charge is 2.41. The standard InChI is InChI=1S/C11H15F4NOS/c1-2-16-8(9-4-3-5-18-9)6-17-7-11(14,15)10(12)13/h3-5,8,10,16H,2,6-7H2,1H3. The second kappa shape index (κ2) is 7.06. The van der Waals surface area contributed by atoms with Crippen molar-refractivity contribution in [1.29, 1.82) is 0 Å². The third kappa shape index (κ3) is 4.55. The molecule has 0 saturated carbocycles. The minimum Gasteiger partial charge on any atom is -0.373 e. The summed E-state index contributed by atoms with van der Waals surface area (Å²) >= 11 is 1.46. The van der Waals surface area contributed by atoms with Crippen molar-refractivity contribution in [2.75, 3.05) is 19.8 Å². The van der Waals surface area contributed by atoms with E-state index in [0.717, 1.165) is 4.88 Å². The molecule has 0 saturated heterocycles. The van der Waals surface area contributed by atoms with Gasteiger partial charge < -0.3 is 10.1 Å². The molecule has 7 heteroatoms. The van der Waals surface area contributed by atoms with Crippen LogP contribution in [0.25, 0.3) is 0 Å². The summed E-state index contributed by atoms with van der Waals surface area (Å²) < 4.78 is 53.8. The molecule has 0 amide bonds. The van der Waals surface area contributed by atoms with Crippen LogP contribution in [0, 0.1) is 0 Å². The van der Waals surface area contributed by atoms with Gasteiger partial charge in [0.05, 0.1) is 12.6 Å². The average Bonchev–Trinajstić information content (AvgIpc) is 2.80. The summed E-state index contributed by atoms with van der Waals surface area (Å²) in [4.78, 5) is 0.928. The first kappa shape index (κ1) is 15.4. The molecular weight excluding hydrogens is 270 g/mol. The molecule has 1 N–H and O–H groups in total. The van der Waals surface area contributed by atoms with E-state index in [-0.39, 0.29) is 12.6 Å². The van der Waals surface area contributed by atoms with Gasteiger partial charge in [-0.15, -0.1) is 11.3 Å². The SMILES string of the molecule is CCNC(COCC(F)(F)C(F)F)c1cccs1. The Morgan fingerprint density at radius 1 is 1.44 bits per heavy atom. The fourth-order valence-corrected chi connectivity index (χ4v) is 2.14. The lowest BCUT2D eigenvalue weighted by Gasteiger charge is -2.19. The van der Waals surface area contributed by atoms with Gasteiger partial charge in [-0.05, 0) is 18.0 Å². The zero-order valence-corrected chi connectivity index (χ0v) is 10.7. The maximum absolute atomic E-state index is 12.6. The van der Waals surface area contributed by atoms with Crippen molar-refractivity contribution in [1.82, 2.24) is 5.32 Å². The van der Waals surface area contributed by atoms with Gasteiger partial charge in [-0.25, -0.2) is 8.78 Å². The highest BCUT2D eigenvalue weighted by Crippen LogP contribution is 2.24. The molecule has 0 radical (unpaired) electrons. The predicted octanol–water partition coefficient (Wildman–Crippen LogP) is 3.32. The highest BCUT2D eigenvalue weighted by molar-refractivity contribution is 7.10. The molecule has 0 bridgehead atoms. The first-order valence-electron chi connectivity index (χ1n) is 5.48. The number of likely N-dealkylation sites (N-methyl/N-ethyl adjacent to an activating group) is 1. The topological polar surface area (TPSA) is 21.3 Å². The molecular formula is C11H15F4NOS. The van der Waals surface area contributed by atoms with Crippen LogP contribution in [-0.4, -0.2) is 32.1 Å². The molecule has 0 aliphatic heterocycles. The Balaban J connectivity index is 2.44. The van der Waals surface area contributed by atoms with Gasteiger partial charge in [0.1, 0.15) is 6.61 Å². The van der Waals surface area contributed by atoms with Crippen LogP contribution in [0.3, 0.4) is 0 Å². The fourth-order valence-electron chi connectivity index (χ4n) is 1.35. The van der Waals surface area contributed by atoms with Crippen molar-refractivity contribution < 1.29 is 22.3 Å². The smallest absolute Gasteiger partial charge is 0.330 e. The van der Waals surface area contributed by atoms with E-state index in [1.807, 2.05) is 24.4 Å². The molecule has 0 aliphatic rings. The summed E-state index contributed by atoms with van der Waals surface area (Å²) in [7, 11) is 0. The maximum atomic E-state index is 12.6. The summed E-state index contributed by atoms with van der Waals surface area (Å²) in [5.41, 5.74) is 0. The molecule has 1 atom stereocenters. The zero-order valence-electron chi connectivity index (χ0n) is 9.84. The molecule has 1 rings (SSSR count). The third-order valence-electron chi connectivity index (χ3n) is 2.24. The largest absolute Gasteiger partial charge is 0.373 e. The van der Waals surface area contributed by atoms with Crippen LogP contribution >= 0.6 is 11.3 Å². The van der Waals surface area contributed by atoms with Crippen LogP contribution in [0.2, 0.25) is 0 Å². The van der Waals surface area contributed by atoms with Crippen LogP contribution in [0.4, 0.5) is 17.6 Å². The number of nitrogens with one attached hydrogen (secondary N) is 1. The van der Waals surface area contributed by atoms with E-state index in [0.29, 0.717) is 6.54 Å². The van der Waals surface area contributed by atoms with Gasteiger partial charge in [-0.1, -0.05) is 13.0 Å². The van der Waals surface area contributed by atoms with Crippen molar-refractivity contribution in [2.24, 2.45) is 0 Å². The van der Waals surface area contributed by atoms with E-state index in [2.05, 4.69) is 5.32 Å². The molecule has 1 aromatic rings. The molecule has 1 heterocycles. The van der Waals surface area contributed by atoms with E-state index < -0.39 is 19.0 Å². The lowest BCUT2D eigenvalue weighted by Crippen LogP contribution is -2.34. The molecule has 104 valence electrons. The van der Waals surface area contributed by atoms with Crippen molar-refractivity contribution >= 4 is 11.3 Å². The molecule has 1 unspecified atom stereocenters. The Labute approximate surface area is 107 Å². The number of thiophene rings is 1. The first-order chi connectivity index (χ1) is 8.47. The summed E-state index contributed by atoms with van der Waals surface area (Å²) in [5, 5.41) is 4.91. The number of halogens is 4. The number of hydrogen-bond acceptors (Lipinski definition) is 3. The van der Waals surface area contributed by atoms with E-state index in [1.165, 1.54) is 11.3 Å². The molecule has 0 fully saturated rings. The zero-order chi connectivity index (χ0) is 13.6. The Bertz CT molecular complexity index is 332. The second-order valence-corrected chi connectivity index (χ2v) is 4.68. The van der Waals surface area contributed by atoms with Crippen LogP contribution < -0.4 is 5.32 Å². The quantitative estimate of drug-likeness (QED) is 0.740. The van der Waals surface area contributed by atoms with E-state index in [4.69, 9.17) is 4.74 Å². The minimum atomic E-state index is -4.09. The van der Waals surface area contributed by atoms with Gasteiger partial charge >= 0.3 is 12.3 Å². The summed E-state index contributed by atoms with van der Waals surface area (Å²) in [6.07, 6.45) is -3.70. The van der Waals surface area contributed by atoms with Gasteiger partial charge in [-0.2, -0.15) is 8.78 Å². The van der Waals surface area contributed by atoms with Crippen LogP contribution in [-0.2, 0) is 4.74 Å². The van der Waals surface area contributed by atoms with Crippen LogP contribution in [0.1, 0.15) is 17.8 Å². The van der Waals surface area contributed by atoms with Crippen molar-refractivity contribution in [3.05, 3.63) is 22.4 Å². The van der Waals surface area contributed by atoms with Crippen molar-refractivity contribution in [3.8, 4) is 0 Å². The molecule has 2 nitrogen and oxygen atoms in total. The van der Waals surface area contributed by atoms with Gasteiger partial charge in [-0.3, -0.25) is 0 Å². The lowest BCUT2D eigenvalue weighted by molar-refractivity contribution is -0.167. The number of rotatable bonds is 8. The summed E-state index contributed by atoms with van der Waals surface area (Å²) in [6.45, 7) is 1.18. The Morgan fingerprint density at radius 2 is 2.17 bits per heavy atom. The second-order valence-electron chi connectivity index (χ2n) is 3.70. The molecule has 18 heavy (non-hydrogen) atoms. The Kier molecular flexibility index (Phi) is 6.04. The Hall–Kier alpha value is -0.660. The third-order valence-corrected chi connectivity index (χ3v) is 3.22. The maximum Gasteiger partial charge on any atom is 0.330 e.